The molecule has 0 aliphatic carbocycles. The summed E-state index contributed by atoms with van der Waals surface area (Å²) >= 11 is 0. The Morgan fingerprint density at radius 3 is 2.50 bits per heavy atom. The third kappa shape index (κ3) is 1.72. The number of Topliss-reactive ketones (excluding diaryl/α,β-unsaturated/α-hetero) is 1. The van der Waals surface area contributed by atoms with Gasteiger partial charge >= 0.3 is 0 Å². The summed E-state index contributed by atoms with van der Waals surface area (Å²) in [6.07, 6.45) is -0.800. The standard InChI is InChI=1S/C12H13NO3/c1-7(14)9-10(13-12(9)16)11(15)8-5-3-2-4-6-8/h2-7,9-10,14H,1H3,(H,13,16)/t7?,9-,10+/m1/s1. The number of rotatable bonds is 3. The number of aliphatic hydroxyl groups excluding tert-OH is 1. The van der Waals surface area contributed by atoms with Gasteiger partial charge in [0.1, 0.15) is 6.04 Å². The Hall–Kier alpha value is -1.68. The van der Waals surface area contributed by atoms with E-state index in [4.69, 9.17) is 0 Å². The molecule has 1 heterocycles. The number of ketones is 1. The highest BCUT2D eigenvalue weighted by Crippen LogP contribution is 2.22. The third-order valence-corrected chi connectivity index (χ3v) is 2.82. The van der Waals surface area contributed by atoms with E-state index >= 15 is 0 Å². The minimum Gasteiger partial charge on any atom is -0.392 e. The largest absolute Gasteiger partial charge is 0.392 e. The highest BCUT2D eigenvalue weighted by molar-refractivity contribution is 6.08. The Morgan fingerprint density at radius 2 is 2.00 bits per heavy atom. The number of β-lactam (4-membered cyclic amide) rings is 1. The molecule has 2 rings (SSSR count). The van der Waals surface area contributed by atoms with Gasteiger partial charge in [0.05, 0.1) is 12.0 Å². The maximum Gasteiger partial charge on any atom is 0.228 e. The van der Waals surface area contributed by atoms with Gasteiger partial charge in [-0.3, -0.25) is 9.59 Å². The van der Waals surface area contributed by atoms with E-state index in [0.29, 0.717) is 5.56 Å². The van der Waals surface area contributed by atoms with Crippen LogP contribution in [0.15, 0.2) is 30.3 Å². The van der Waals surface area contributed by atoms with E-state index < -0.39 is 18.1 Å². The van der Waals surface area contributed by atoms with Crippen LogP contribution in [0, 0.1) is 5.92 Å². The molecule has 0 saturated carbocycles. The van der Waals surface area contributed by atoms with Gasteiger partial charge in [-0.1, -0.05) is 30.3 Å². The van der Waals surface area contributed by atoms with Crippen molar-refractivity contribution in [3.63, 3.8) is 0 Å². The molecule has 16 heavy (non-hydrogen) atoms. The van der Waals surface area contributed by atoms with Gasteiger partial charge < -0.3 is 10.4 Å². The Kier molecular flexibility index (Phi) is 2.75. The molecule has 3 atom stereocenters. The van der Waals surface area contributed by atoms with Gasteiger partial charge in [0.2, 0.25) is 5.91 Å². The fourth-order valence-electron chi connectivity index (χ4n) is 1.90. The van der Waals surface area contributed by atoms with Crippen LogP contribution in [0.25, 0.3) is 0 Å². The van der Waals surface area contributed by atoms with Gasteiger partial charge in [0, 0.05) is 5.56 Å². The van der Waals surface area contributed by atoms with Crippen LogP contribution in [0.4, 0.5) is 0 Å². The van der Waals surface area contributed by atoms with Gasteiger partial charge in [-0.2, -0.15) is 0 Å². The second-order valence-corrected chi connectivity index (χ2v) is 3.98. The molecule has 0 aromatic heterocycles. The molecule has 1 aromatic rings. The maximum atomic E-state index is 12.0. The summed E-state index contributed by atoms with van der Waals surface area (Å²) in [6, 6.07) is 8.17. The molecule has 4 nitrogen and oxygen atoms in total. The second-order valence-electron chi connectivity index (χ2n) is 3.98. The van der Waals surface area contributed by atoms with E-state index in [9.17, 15) is 14.7 Å². The molecule has 1 aliphatic heterocycles. The molecule has 1 amide bonds. The number of amides is 1. The molecular formula is C12H13NO3. The summed E-state index contributed by atoms with van der Waals surface area (Å²) in [4.78, 5) is 23.2. The average molecular weight is 219 g/mol. The fraction of sp³-hybridized carbons (Fsp3) is 0.333. The van der Waals surface area contributed by atoms with E-state index in [1.807, 2.05) is 6.07 Å². The molecule has 84 valence electrons. The van der Waals surface area contributed by atoms with E-state index in [1.165, 1.54) is 6.92 Å². The van der Waals surface area contributed by atoms with Crippen molar-refractivity contribution in [3.05, 3.63) is 35.9 Å². The Labute approximate surface area is 93.3 Å². The highest BCUT2D eigenvalue weighted by Gasteiger charge is 2.46. The lowest BCUT2D eigenvalue weighted by Gasteiger charge is -2.37. The van der Waals surface area contributed by atoms with Crippen LogP contribution in [0.3, 0.4) is 0 Å². The van der Waals surface area contributed by atoms with Crippen molar-refractivity contribution in [3.8, 4) is 0 Å². The molecular weight excluding hydrogens is 206 g/mol. The number of benzene rings is 1. The number of carbonyl (C=O) groups excluding carboxylic acids is 2. The molecule has 1 unspecified atom stereocenters. The second kappa shape index (κ2) is 4.06. The van der Waals surface area contributed by atoms with Gasteiger partial charge in [0.25, 0.3) is 0 Å². The lowest BCUT2D eigenvalue weighted by molar-refractivity contribution is -0.138. The average Bonchev–Trinajstić information content (AvgIpc) is 2.25. The van der Waals surface area contributed by atoms with Crippen LogP contribution in [-0.4, -0.2) is 28.9 Å². The SMILES string of the molecule is CC(O)[C@H]1C(=O)N[C@@H]1C(=O)c1ccccc1. The number of aliphatic hydroxyl groups is 1. The number of nitrogens with one attached hydrogen (secondary N) is 1. The first-order valence-corrected chi connectivity index (χ1v) is 5.19. The molecule has 1 saturated heterocycles. The van der Waals surface area contributed by atoms with Crippen LogP contribution in [0.1, 0.15) is 17.3 Å². The Bertz CT molecular complexity index is 414. The van der Waals surface area contributed by atoms with Crippen molar-refractivity contribution in [2.75, 3.05) is 0 Å². The Morgan fingerprint density at radius 1 is 1.38 bits per heavy atom. The van der Waals surface area contributed by atoms with Crippen molar-refractivity contribution >= 4 is 11.7 Å². The zero-order chi connectivity index (χ0) is 11.7. The predicted molar refractivity (Wildman–Crippen MR) is 57.9 cm³/mol. The third-order valence-electron chi connectivity index (χ3n) is 2.82. The van der Waals surface area contributed by atoms with E-state index in [2.05, 4.69) is 5.32 Å². The quantitative estimate of drug-likeness (QED) is 0.570. The molecule has 4 heteroatoms. The van der Waals surface area contributed by atoms with Crippen LogP contribution in [0.2, 0.25) is 0 Å². The monoisotopic (exact) mass is 219 g/mol. The fourth-order valence-corrected chi connectivity index (χ4v) is 1.90. The molecule has 1 aliphatic rings. The smallest absolute Gasteiger partial charge is 0.228 e. The number of hydrogen-bond donors (Lipinski definition) is 2. The molecule has 0 spiro atoms. The Balaban J connectivity index is 2.16. The van der Waals surface area contributed by atoms with E-state index in [0.717, 1.165) is 0 Å². The highest BCUT2D eigenvalue weighted by atomic mass is 16.3. The summed E-state index contributed by atoms with van der Waals surface area (Å²) < 4.78 is 0. The first kappa shape index (κ1) is 10.8. The zero-order valence-electron chi connectivity index (χ0n) is 8.88. The van der Waals surface area contributed by atoms with Crippen LogP contribution < -0.4 is 5.32 Å². The first-order chi connectivity index (χ1) is 7.61. The lowest BCUT2D eigenvalue weighted by atomic mass is 9.81. The summed E-state index contributed by atoms with van der Waals surface area (Å²) in [7, 11) is 0. The first-order valence-electron chi connectivity index (χ1n) is 5.19. The lowest BCUT2D eigenvalue weighted by Crippen LogP contribution is -2.65. The summed E-state index contributed by atoms with van der Waals surface area (Å²) in [5.74, 6) is -1.02. The van der Waals surface area contributed by atoms with Crippen molar-refractivity contribution in [2.24, 2.45) is 5.92 Å². The molecule has 0 radical (unpaired) electrons. The van der Waals surface area contributed by atoms with Crippen molar-refractivity contribution in [1.82, 2.24) is 5.32 Å². The van der Waals surface area contributed by atoms with Crippen LogP contribution >= 0.6 is 0 Å². The topological polar surface area (TPSA) is 66.4 Å². The minimum absolute atomic E-state index is 0.147. The number of hydrogen-bond acceptors (Lipinski definition) is 3. The van der Waals surface area contributed by atoms with Gasteiger partial charge in [-0.05, 0) is 6.92 Å². The van der Waals surface area contributed by atoms with Crippen LogP contribution in [-0.2, 0) is 4.79 Å². The summed E-state index contributed by atoms with van der Waals surface area (Å²) in [5, 5.41) is 11.9. The van der Waals surface area contributed by atoms with Gasteiger partial charge in [-0.25, -0.2) is 0 Å². The van der Waals surface area contributed by atoms with E-state index in [-0.39, 0.29) is 11.7 Å². The molecule has 1 fully saturated rings. The normalized spacial score (nSPS) is 25.5. The molecule has 1 aromatic carbocycles. The van der Waals surface area contributed by atoms with Gasteiger partial charge in [-0.15, -0.1) is 0 Å². The van der Waals surface area contributed by atoms with Crippen molar-refractivity contribution in [2.45, 2.75) is 19.1 Å². The zero-order valence-corrected chi connectivity index (χ0v) is 8.88. The predicted octanol–water partition coefficient (Wildman–Crippen LogP) is 0.365. The minimum atomic E-state index is -0.800. The van der Waals surface area contributed by atoms with Crippen molar-refractivity contribution in [1.29, 1.82) is 0 Å². The van der Waals surface area contributed by atoms with Crippen LogP contribution in [0.5, 0.6) is 0 Å². The molecule has 2 N–H and O–H groups in total. The maximum absolute atomic E-state index is 12.0. The summed E-state index contributed by atoms with van der Waals surface area (Å²) in [6.45, 7) is 1.52. The van der Waals surface area contributed by atoms with E-state index in [1.54, 1.807) is 24.3 Å². The van der Waals surface area contributed by atoms with Gasteiger partial charge in [0.15, 0.2) is 5.78 Å². The molecule has 0 bridgehead atoms. The summed E-state index contributed by atoms with van der Waals surface area (Å²) in [5.41, 5.74) is 0.554. The number of carbonyl (C=O) groups is 2. The van der Waals surface area contributed by atoms with Crippen molar-refractivity contribution < 1.29 is 14.7 Å².